The Kier molecular flexibility index (Phi) is 5.59. The maximum atomic E-state index is 13.1. The van der Waals surface area contributed by atoms with Crippen molar-refractivity contribution in [1.82, 2.24) is 20.1 Å². The summed E-state index contributed by atoms with van der Waals surface area (Å²) >= 11 is 0. The molecule has 156 valence electrons. The average molecular weight is 411 g/mol. The first kappa shape index (κ1) is 19.6. The van der Waals surface area contributed by atoms with Crippen LogP contribution < -0.4 is 0 Å². The zero-order chi connectivity index (χ0) is 21.0. The van der Waals surface area contributed by atoms with E-state index in [0.29, 0.717) is 12.3 Å². The van der Waals surface area contributed by atoms with Crippen LogP contribution in [0.1, 0.15) is 35.2 Å². The van der Waals surface area contributed by atoms with E-state index in [1.54, 1.807) is 12.4 Å². The van der Waals surface area contributed by atoms with Crippen molar-refractivity contribution in [3.63, 3.8) is 0 Å². The lowest BCUT2D eigenvalue weighted by molar-refractivity contribution is 0.0913. The number of hydrogen-bond donors (Lipinski definition) is 1. The molecule has 1 N–H and O–H groups in total. The van der Waals surface area contributed by atoms with E-state index in [0.717, 1.165) is 60.2 Å². The first-order valence-corrected chi connectivity index (χ1v) is 10.9. The highest BCUT2D eigenvalue weighted by Gasteiger charge is 2.23. The molecule has 2 aromatic carbocycles. The van der Waals surface area contributed by atoms with Gasteiger partial charge in [0.1, 0.15) is 5.69 Å². The van der Waals surface area contributed by atoms with Gasteiger partial charge >= 0.3 is 0 Å². The number of carbonyl (C=O) groups is 1. The number of Topliss-reactive ketones (excluding diaryl/α,β-unsaturated/α-hetero) is 1. The van der Waals surface area contributed by atoms with Crippen LogP contribution in [0.25, 0.3) is 22.2 Å². The molecule has 1 unspecified atom stereocenters. The second-order valence-electron chi connectivity index (χ2n) is 8.42. The number of ketones is 1. The van der Waals surface area contributed by atoms with Crippen molar-refractivity contribution in [2.75, 3.05) is 13.1 Å². The van der Waals surface area contributed by atoms with E-state index in [4.69, 9.17) is 0 Å². The quantitative estimate of drug-likeness (QED) is 0.449. The van der Waals surface area contributed by atoms with Crippen molar-refractivity contribution in [2.24, 2.45) is 5.92 Å². The third-order valence-electron chi connectivity index (χ3n) is 6.16. The van der Waals surface area contributed by atoms with Crippen molar-refractivity contribution in [3.05, 3.63) is 84.2 Å². The fourth-order valence-electron chi connectivity index (χ4n) is 4.60. The Balaban J connectivity index is 1.30. The minimum absolute atomic E-state index is 0.218. The van der Waals surface area contributed by atoms with Gasteiger partial charge in [0.15, 0.2) is 5.78 Å². The lowest BCUT2D eigenvalue weighted by atomic mass is 9.90. The Morgan fingerprint density at radius 3 is 2.74 bits per heavy atom. The smallest absolute Gasteiger partial charge is 0.163 e. The summed E-state index contributed by atoms with van der Waals surface area (Å²) in [6.07, 6.45) is 6.38. The molecule has 3 heterocycles. The molecule has 31 heavy (non-hydrogen) atoms. The number of rotatable bonds is 6. The zero-order valence-electron chi connectivity index (χ0n) is 17.5. The van der Waals surface area contributed by atoms with Crippen molar-refractivity contribution in [3.8, 4) is 11.3 Å². The summed E-state index contributed by atoms with van der Waals surface area (Å²) in [6.45, 7) is 3.05. The van der Waals surface area contributed by atoms with Crippen LogP contribution in [0.15, 0.2) is 73.1 Å². The molecular weight excluding hydrogens is 384 g/mol. The SMILES string of the molecule is O=C(CC1CCCN(Cc2ccccc2)C1)c1ccc2[nH]nc(-c3ccncc3)c2c1. The Hall–Kier alpha value is -3.31. The first-order chi connectivity index (χ1) is 15.3. The van der Waals surface area contributed by atoms with E-state index in [-0.39, 0.29) is 5.78 Å². The molecule has 5 rings (SSSR count). The summed E-state index contributed by atoms with van der Waals surface area (Å²) in [5, 5.41) is 8.51. The number of piperidine rings is 1. The predicted octanol–water partition coefficient (Wildman–Crippen LogP) is 5.11. The van der Waals surface area contributed by atoms with E-state index < -0.39 is 0 Å². The Bertz CT molecular complexity index is 1170. The van der Waals surface area contributed by atoms with Gasteiger partial charge in [-0.3, -0.25) is 19.8 Å². The summed E-state index contributed by atoms with van der Waals surface area (Å²) in [5.74, 6) is 0.625. The average Bonchev–Trinajstić information content (AvgIpc) is 3.24. The number of aromatic amines is 1. The molecule has 1 fully saturated rings. The van der Waals surface area contributed by atoms with Crippen LogP contribution >= 0.6 is 0 Å². The second kappa shape index (κ2) is 8.82. The van der Waals surface area contributed by atoms with E-state index in [2.05, 4.69) is 50.4 Å². The van der Waals surface area contributed by atoms with E-state index in [1.807, 2.05) is 30.3 Å². The number of pyridine rings is 1. The molecule has 1 atom stereocenters. The summed E-state index contributed by atoms with van der Waals surface area (Å²) < 4.78 is 0. The molecule has 1 aliphatic rings. The monoisotopic (exact) mass is 410 g/mol. The highest BCUT2D eigenvalue weighted by molar-refractivity contribution is 6.02. The van der Waals surface area contributed by atoms with Gasteiger partial charge in [-0.25, -0.2) is 0 Å². The number of fused-ring (bicyclic) bond motifs is 1. The molecule has 2 aromatic heterocycles. The van der Waals surface area contributed by atoms with Crippen LogP contribution in [0, 0.1) is 5.92 Å². The summed E-state index contributed by atoms with van der Waals surface area (Å²) in [6, 6.07) is 20.3. The number of nitrogens with zero attached hydrogens (tertiary/aromatic N) is 3. The molecule has 0 bridgehead atoms. The number of benzene rings is 2. The Morgan fingerprint density at radius 1 is 1.06 bits per heavy atom. The van der Waals surface area contributed by atoms with Gasteiger partial charge in [0.05, 0.1) is 5.52 Å². The molecule has 0 radical (unpaired) electrons. The minimum Gasteiger partial charge on any atom is -0.299 e. The number of likely N-dealkylation sites (tertiary alicyclic amines) is 1. The van der Waals surface area contributed by atoms with Crippen molar-refractivity contribution in [1.29, 1.82) is 0 Å². The van der Waals surface area contributed by atoms with Crippen LogP contribution in [-0.2, 0) is 6.54 Å². The third-order valence-corrected chi connectivity index (χ3v) is 6.16. The molecule has 4 aromatic rings. The zero-order valence-corrected chi connectivity index (χ0v) is 17.5. The van der Waals surface area contributed by atoms with Crippen molar-refractivity contribution >= 4 is 16.7 Å². The van der Waals surface area contributed by atoms with Gasteiger partial charge in [-0.1, -0.05) is 30.3 Å². The molecule has 5 heteroatoms. The van der Waals surface area contributed by atoms with Gasteiger partial charge in [-0.15, -0.1) is 0 Å². The van der Waals surface area contributed by atoms with Crippen LogP contribution in [0.4, 0.5) is 0 Å². The third kappa shape index (κ3) is 4.42. The van der Waals surface area contributed by atoms with Gasteiger partial charge in [0, 0.05) is 48.4 Å². The molecule has 0 spiro atoms. The Labute approximate surface area is 182 Å². The van der Waals surface area contributed by atoms with Crippen molar-refractivity contribution in [2.45, 2.75) is 25.8 Å². The summed E-state index contributed by atoms with van der Waals surface area (Å²) in [7, 11) is 0. The highest BCUT2D eigenvalue weighted by atomic mass is 16.1. The molecule has 0 amide bonds. The maximum Gasteiger partial charge on any atom is 0.163 e. The Morgan fingerprint density at radius 2 is 1.90 bits per heavy atom. The molecule has 0 aliphatic carbocycles. The fourth-order valence-corrected chi connectivity index (χ4v) is 4.60. The van der Waals surface area contributed by atoms with Crippen LogP contribution in [0.2, 0.25) is 0 Å². The lowest BCUT2D eigenvalue weighted by Gasteiger charge is -2.32. The fraction of sp³-hybridized carbons (Fsp3) is 0.269. The normalized spacial score (nSPS) is 17.1. The van der Waals surface area contributed by atoms with E-state index in [1.165, 1.54) is 5.56 Å². The number of H-pyrrole nitrogens is 1. The minimum atomic E-state index is 0.218. The van der Waals surface area contributed by atoms with Gasteiger partial charge in [0.25, 0.3) is 0 Å². The largest absolute Gasteiger partial charge is 0.299 e. The highest BCUT2D eigenvalue weighted by Crippen LogP contribution is 2.28. The molecule has 5 nitrogen and oxygen atoms in total. The topological polar surface area (TPSA) is 61.9 Å². The predicted molar refractivity (Wildman–Crippen MR) is 123 cm³/mol. The number of nitrogens with one attached hydrogen (secondary N) is 1. The van der Waals surface area contributed by atoms with Crippen LogP contribution in [-0.4, -0.2) is 39.0 Å². The number of aromatic nitrogens is 3. The van der Waals surface area contributed by atoms with Gasteiger partial charge < -0.3 is 0 Å². The first-order valence-electron chi connectivity index (χ1n) is 10.9. The van der Waals surface area contributed by atoms with E-state index >= 15 is 0 Å². The number of hydrogen-bond acceptors (Lipinski definition) is 4. The van der Waals surface area contributed by atoms with Gasteiger partial charge in [-0.2, -0.15) is 5.10 Å². The molecular formula is C26H26N4O. The van der Waals surface area contributed by atoms with Crippen molar-refractivity contribution < 1.29 is 4.79 Å². The van der Waals surface area contributed by atoms with Crippen LogP contribution in [0.3, 0.4) is 0 Å². The van der Waals surface area contributed by atoms with Gasteiger partial charge in [0.2, 0.25) is 0 Å². The van der Waals surface area contributed by atoms with E-state index in [9.17, 15) is 4.79 Å². The summed E-state index contributed by atoms with van der Waals surface area (Å²) in [5.41, 5.74) is 4.90. The molecule has 1 saturated heterocycles. The maximum absolute atomic E-state index is 13.1. The lowest BCUT2D eigenvalue weighted by Crippen LogP contribution is -2.35. The second-order valence-corrected chi connectivity index (χ2v) is 8.42. The molecule has 0 saturated carbocycles. The molecule has 1 aliphatic heterocycles. The number of carbonyl (C=O) groups excluding carboxylic acids is 1. The standard InChI is InChI=1S/C26H26N4O/c31-25(15-20-7-4-14-30(18-20)17-19-5-2-1-3-6-19)22-8-9-24-23(16-22)26(29-28-24)21-10-12-27-13-11-21/h1-3,5-6,8-13,16,20H,4,7,14-15,17-18H2,(H,28,29). The summed E-state index contributed by atoms with van der Waals surface area (Å²) in [4.78, 5) is 19.7. The van der Waals surface area contributed by atoms with Gasteiger partial charge in [-0.05, 0) is 61.2 Å². The van der Waals surface area contributed by atoms with Crippen LogP contribution in [0.5, 0.6) is 0 Å².